The Morgan fingerprint density at radius 1 is 1.38 bits per heavy atom. The van der Waals surface area contributed by atoms with Crippen LogP contribution in [0.2, 0.25) is 0 Å². The number of nitro groups is 1. The van der Waals surface area contributed by atoms with E-state index in [4.69, 9.17) is 5.11 Å². The van der Waals surface area contributed by atoms with Crippen LogP contribution in [0.3, 0.4) is 0 Å². The molecule has 1 rings (SSSR count). The predicted octanol–water partition coefficient (Wildman–Crippen LogP) is 1.74. The Balaban J connectivity index is 2.97. The molecule has 0 aliphatic carbocycles. The molecule has 0 aromatic heterocycles. The zero-order valence-corrected chi connectivity index (χ0v) is 10.9. The van der Waals surface area contributed by atoms with Gasteiger partial charge >= 0.3 is 5.97 Å². The molecule has 0 aliphatic heterocycles. The van der Waals surface area contributed by atoms with Crippen molar-refractivity contribution < 1.29 is 28.4 Å². The first-order valence-corrected chi connectivity index (χ1v) is 5.78. The third-order valence-corrected chi connectivity index (χ3v) is 2.55. The summed E-state index contributed by atoms with van der Waals surface area (Å²) in [4.78, 5) is 32.6. The Morgan fingerprint density at radius 3 is 2.48 bits per heavy atom. The number of nitrogens with one attached hydrogen (secondary N) is 1. The van der Waals surface area contributed by atoms with E-state index < -0.39 is 35.7 Å². The molecule has 0 heterocycles. The molecule has 1 aromatic carbocycles. The molecule has 0 saturated carbocycles. The third-order valence-electron chi connectivity index (χ3n) is 2.55. The smallest absolute Gasteiger partial charge is 0.326 e. The first-order valence-electron chi connectivity index (χ1n) is 5.78. The molecule has 1 atom stereocenters. The van der Waals surface area contributed by atoms with Gasteiger partial charge in [0, 0.05) is 24.1 Å². The van der Waals surface area contributed by atoms with E-state index in [1.165, 1.54) is 19.1 Å². The molecule has 1 aromatic rings. The summed E-state index contributed by atoms with van der Waals surface area (Å²) >= 11 is 0. The number of benzene rings is 1. The lowest BCUT2D eigenvalue weighted by molar-refractivity contribution is -0.384. The van der Waals surface area contributed by atoms with Crippen LogP contribution in [-0.2, 0) is 4.79 Å². The minimum atomic E-state index is -2.90. The number of halogens is 2. The van der Waals surface area contributed by atoms with Crippen LogP contribution in [0.15, 0.2) is 18.2 Å². The van der Waals surface area contributed by atoms with Gasteiger partial charge in [0.05, 0.1) is 4.92 Å². The summed E-state index contributed by atoms with van der Waals surface area (Å²) in [7, 11) is 0. The predicted molar refractivity (Wildman–Crippen MR) is 67.3 cm³/mol. The summed E-state index contributed by atoms with van der Waals surface area (Å²) in [5.41, 5.74) is -0.0989. The Hall–Kier alpha value is -2.58. The van der Waals surface area contributed by atoms with E-state index in [1.807, 2.05) is 5.32 Å². The maximum Gasteiger partial charge on any atom is 0.326 e. The van der Waals surface area contributed by atoms with Crippen LogP contribution in [0.5, 0.6) is 0 Å². The van der Waals surface area contributed by atoms with Crippen LogP contribution in [-0.4, -0.2) is 34.4 Å². The number of alkyl halides is 2. The molecule has 0 radical (unpaired) electrons. The van der Waals surface area contributed by atoms with Gasteiger partial charge in [-0.1, -0.05) is 0 Å². The number of carboxylic acids is 1. The molecule has 21 heavy (non-hydrogen) atoms. The number of nitrogens with zero attached hydrogens (tertiary/aromatic N) is 1. The van der Waals surface area contributed by atoms with Gasteiger partial charge in [-0.05, 0) is 18.6 Å². The van der Waals surface area contributed by atoms with Crippen LogP contribution in [0.4, 0.5) is 14.5 Å². The van der Waals surface area contributed by atoms with Gasteiger partial charge in [0.25, 0.3) is 11.6 Å². The maximum atomic E-state index is 12.2. The van der Waals surface area contributed by atoms with Crippen molar-refractivity contribution in [1.82, 2.24) is 5.32 Å². The summed E-state index contributed by atoms with van der Waals surface area (Å²) in [5, 5.41) is 21.4. The number of aliphatic carboxylic acids is 1. The second kappa shape index (κ2) is 6.73. The van der Waals surface area contributed by atoms with Crippen molar-refractivity contribution in [2.45, 2.75) is 25.8 Å². The lowest BCUT2D eigenvalue weighted by Gasteiger charge is -2.14. The summed E-state index contributed by atoms with van der Waals surface area (Å²) in [6.07, 6.45) is -3.95. The van der Waals surface area contributed by atoms with E-state index in [2.05, 4.69) is 0 Å². The van der Waals surface area contributed by atoms with Crippen molar-refractivity contribution in [2.75, 3.05) is 0 Å². The SMILES string of the molecule is Cc1cc(C(=O)NC(CC(F)F)C(=O)O)cc([N+](=O)[O-])c1. The summed E-state index contributed by atoms with van der Waals surface area (Å²) in [5.74, 6) is -2.57. The fourth-order valence-corrected chi connectivity index (χ4v) is 1.64. The van der Waals surface area contributed by atoms with Crippen molar-refractivity contribution in [3.05, 3.63) is 39.4 Å². The van der Waals surface area contributed by atoms with E-state index in [0.717, 1.165) is 6.07 Å². The first kappa shape index (κ1) is 16.5. The molecule has 0 fully saturated rings. The number of hydrogen-bond acceptors (Lipinski definition) is 4. The number of carboxylic acid groups (broad SMARTS) is 1. The van der Waals surface area contributed by atoms with Crippen molar-refractivity contribution >= 4 is 17.6 Å². The standard InChI is InChI=1S/C12H12F2N2O5/c1-6-2-7(4-8(3-6)16(20)21)11(17)15-9(12(18)19)5-10(13)14/h2-4,9-10H,5H2,1H3,(H,15,17)(H,18,19). The third kappa shape index (κ3) is 4.79. The first-order chi connectivity index (χ1) is 9.70. The molecule has 0 aliphatic rings. The van der Waals surface area contributed by atoms with Crippen molar-refractivity contribution in [1.29, 1.82) is 0 Å². The minimum absolute atomic E-state index is 0.165. The summed E-state index contributed by atoms with van der Waals surface area (Å²) < 4.78 is 24.5. The van der Waals surface area contributed by atoms with E-state index in [-0.39, 0.29) is 11.3 Å². The van der Waals surface area contributed by atoms with E-state index >= 15 is 0 Å². The van der Waals surface area contributed by atoms with Crippen LogP contribution in [0.25, 0.3) is 0 Å². The van der Waals surface area contributed by atoms with E-state index in [9.17, 15) is 28.5 Å². The molecular weight excluding hydrogens is 290 g/mol. The minimum Gasteiger partial charge on any atom is -0.480 e. The van der Waals surface area contributed by atoms with Gasteiger partial charge in [-0.3, -0.25) is 14.9 Å². The molecule has 0 saturated heterocycles. The second-order valence-corrected chi connectivity index (χ2v) is 4.31. The molecule has 1 amide bonds. The van der Waals surface area contributed by atoms with Crippen molar-refractivity contribution in [3.63, 3.8) is 0 Å². The quantitative estimate of drug-likeness (QED) is 0.614. The van der Waals surface area contributed by atoms with Gasteiger partial charge in [0.2, 0.25) is 6.43 Å². The summed E-state index contributed by atoms with van der Waals surface area (Å²) in [6.45, 7) is 1.51. The Morgan fingerprint density at radius 2 is 2.00 bits per heavy atom. The van der Waals surface area contributed by atoms with E-state index in [1.54, 1.807) is 0 Å². The molecule has 7 nitrogen and oxygen atoms in total. The number of rotatable bonds is 6. The second-order valence-electron chi connectivity index (χ2n) is 4.31. The van der Waals surface area contributed by atoms with Crippen LogP contribution >= 0.6 is 0 Å². The zero-order chi connectivity index (χ0) is 16.2. The number of non-ortho nitro benzene ring substituents is 1. The highest BCUT2D eigenvalue weighted by atomic mass is 19.3. The Bertz CT molecular complexity index is 577. The average Bonchev–Trinajstić information content (AvgIpc) is 2.36. The molecule has 9 heteroatoms. The van der Waals surface area contributed by atoms with Crippen molar-refractivity contribution in [2.24, 2.45) is 0 Å². The zero-order valence-electron chi connectivity index (χ0n) is 10.9. The monoisotopic (exact) mass is 302 g/mol. The van der Waals surface area contributed by atoms with Gasteiger partial charge in [-0.25, -0.2) is 13.6 Å². The number of amides is 1. The fourth-order valence-electron chi connectivity index (χ4n) is 1.64. The molecule has 0 bridgehead atoms. The normalized spacial score (nSPS) is 12.0. The molecule has 1 unspecified atom stereocenters. The molecular formula is C12H12F2N2O5. The van der Waals surface area contributed by atoms with Crippen LogP contribution < -0.4 is 5.32 Å². The molecule has 114 valence electrons. The van der Waals surface area contributed by atoms with Gasteiger partial charge in [0.15, 0.2) is 0 Å². The Kier molecular flexibility index (Phi) is 5.28. The highest BCUT2D eigenvalue weighted by Crippen LogP contribution is 2.17. The van der Waals surface area contributed by atoms with Gasteiger partial charge < -0.3 is 10.4 Å². The van der Waals surface area contributed by atoms with Crippen LogP contribution in [0.1, 0.15) is 22.3 Å². The molecule has 0 spiro atoms. The number of carbonyl (C=O) groups is 2. The van der Waals surface area contributed by atoms with Crippen LogP contribution in [0, 0.1) is 17.0 Å². The lowest BCUT2D eigenvalue weighted by Crippen LogP contribution is -2.42. The topological polar surface area (TPSA) is 110 Å². The number of nitro benzene ring substituents is 1. The van der Waals surface area contributed by atoms with Crippen molar-refractivity contribution in [3.8, 4) is 0 Å². The van der Waals surface area contributed by atoms with Gasteiger partial charge in [0.1, 0.15) is 6.04 Å². The van der Waals surface area contributed by atoms with Gasteiger partial charge in [-0.15, -0.1) is 0 Å². The number of hydrogen-bond donors (Lipinski definition) is 2. The highest BCUT2D eigenvalue weighted by Gasteiger charge is 2.25. The summed E-state index contributed by atoms with van der Waals surface area (Å²) in [6, 6.07) is 1.70. The highest BCUT2D eigenvalue weighted by molar-refractivity contribution is 5.97. The van der Waals surface area contributed by atoms with E-state index in [0.29, 0.717) is 5.56 Å². The lowest BCUT2D eigenvalue weighted by atomic mass is 10.1. The Labute approximate surface area is 117 Å². The number of aryl methyl sites for hydroxylation is 1. The number of carbonyl (C=O) groups excluding carboxylic acids is 1. The molecule has 2 N–H and O–H groups in total. The van der Waals surface area contributed by atoms with Gasteiger partial charge in [-0.2, -0.15) is 0 Å². The average molecular weight is 302 g/mol. The largest absolute Gasteiger partial charge is 0.480 e. The fraction of sp³-hybridized carbons (Fsp3) is 0.333. The maximum absolute atomic E-state index is 12.2.